The van der Waals surface area contributed by atoms with Crippen LogP contribution < -0.4 is 5.32 Å². The van der Waals surface area contributed by atoms with Crippen molar-refractivity contribution < 1.29 is 0 Å². The predicted molar refractivity (Wildman–Crippen MR) is 116 cm³/mol. The Bertz CT molecular complexity index is 1100. The summed E-state index contributed by atoms with van der Waals surface area (Å²) in [5, 5.41) is 9.20. The van der Waals surface area contributed by atoms with Gasteiger partial charge in [-0.05, 0) is 71.5 Å². The highest BCUT2D eigenvalue weighted by Crippen LogP contribution is 2.48. The average molecular weight is 351 g/mol. The summed E-state index contributed by atoms with van der Waals surface area (Å²) < 4.78 is 0. The van der Waals surface area contributed by atoms with Crippen molar-refractivity contribution in [3.05, 3.63) is 83.9 Å². The number of nitrogens with one attached hydrogen (secondary N) is 1. The Morgan fingerprint density at radius 2 is 0.926 bits per heavy atom. The zero-order valence-electron chi connectivity index (χ0n) is 16.4. The van der Waals surface area contributed by atoms with Gasteiger partial charge in [0, 0.05) is 11.1 Å². The van der Waals surface area contributed by atoms with Gasteiger partial charge in [-0.3, -0.25) is 5.32 Å². The van der Waals surface area contributed by atoms with E-state index in [-0.39, 0.29) is 11.1 Å². The van der Waals surface area contributed by atoms with Gasteiger partial charge in [0.2, 0.25) is 0 Å². The van der Waals surface area contributed by atoms with Crippen LogP contribution in [0.3, 0.4) is 0 Å². The van der Waals surface area contributed by atoms with Crippen molar-refractivity contribution in [1.29, 1.82) is 0 Å². The van der Waals surface area contributed by atoms with Gasteiger partial charge in [0.15, 0.2) is 0 Å². The molecule has 27 heavy (non-hydrogen) atoms. The molecular formula is C26H25N. The highest BCUT2D eigenvalue weighted by Gasteiger charge is 2.38. The molecule has 1 N–H and O–H groups in total. The van der Waals surface area contributed by atoms with Gasteiger partial charge in [-0.25, -0.2) is 0 Å². The van der Waals surface area contributed by atoms with Crippen molar-refractivity contribution >= 4 is 21.5 Å². The first kappa shape index (κ1) is 16.5. The van der Waals surface area contributed by atoms with Gasteiger partial charge in [0.25, 0.3) is 0 Å². The van der Waals surface area contributed by atoms with E-state index in [4.69, 9.17) is 0 Å². The summed E-state index contributed by atoms with van der Waals surface area (Å²) >= 11 is 0. The van der Waals surface area contributed by atoms with Crippen LogP contribution in [0, 0.1) is 0 Å². The second kappa shape index (κ2) is 5.43. The fourth-order valence-corrected chi connectivity index (χ4v) is 5.04. The quantitative estimate of drug-likeness (QED) is 0.370. The van der Waals surface area contributed by atoms with Crippen LogP contribution in [0.25, 0.3) is 32.7 Å². The van der Waals surface area contributed by atoms with Crippen LogP contribution in [-0.2, 0) is 11.1 Å². The Morgan fingerprint density at radius 1 is 0.519 bits per heavy atom. The molecule has 0 aliphatic carbocycles. The van der Waals surface area contributed by atoms with E-state index in [1.807, 2.05) is 0 Å². The molecule has 5 rings (SSSR count). The molecule has 4 aromatic carbocycles. The minimum Gasteiger partial charge on any atom is -0.299 e. The Hall–Kier alpha value is -2.64. The Labute approximate surface area is 161 Å². The van der Waals surface area contributed by atoms with E-state index in [0.29, 0.717) is 0 Å². The van der Waals surface area contributed by atoms with E-state index in [9.17, 15) is 0 Å². The van der Waals surface area contributed by atoms with Gasteiger partial charge in [-0.1, -0.05) is 72.8 Å². The van der Waals surface area contributed by atoms with Crippen LogP contribution >= 0.6 is 0 Å². The summed E-state index contributed by atoms with van der Waals surface area (Å²) in [7, 11) is 0. The van der Waals surface area contributed by atoms with Gasteiger partial charge in [-0.2, -0.15) is 0 Å². The first-order valence-corrected chi connectivity index (χ1v) is 9.73. The molecule has 0 saturated heterocycles. The fraction of sp³-hybridized carbons (Fsp3) is 0.231. The van der Waals surface area contributed by atoms with Crippen LogP contribution in [0.5, 0.6) is 0 Å². The first-order chi connectivity index (χ1) is 12.9. The maximum atomic E-state index is 3.94. The molecule has 0 aromatic heterocycles. The van der Waals surface area contributed by atoms with Gasteiger partial charge in [0.05, 0.1) is 0 Å². The second-order valence-electron chi connectivity index (χ2n) is 8.79. The molecule has 1 nitrogen and oxygen atoms in total. The standard InChI is InChI=1S/C26H25N/c1-25(2)21-15-13-17-9-5-7-11-19(17)23(21)24-20-12-8-6-10-18(20)14-16-22(24)26(3,4)27-25/h5-16,27H,1-4H3. The third kappa shape index (κ3) is 2.35. The van der Waals surface area contributed by atoms with Crippen molar-refractivity contribution in [2.45, 2.75) is 38.8 Å². The van der Waals surface area contributed by atoms with Gasteiger partial charge < -0.3 is 0 Å². The Morgan fingerprint density at radius 3 is 1.37 bits per heavy atom. The molecule has 0 amide bonds. The number of benzene rings is 4. The third-order valence-electron chi connectivity index (χ3n) is 6.08. The molecule has 1 aliphatic heterocycles. The summed E-state index contributed by atoms with van der Waals surface area (Å²) in [5.41, 5.74) is 5.21. The molecule has 0 spiro atoms. The van der Waals surface area contributed by atoms with E-state index in [0.717, 1.165) is 0 Å². The van der Waals surface area contributed by atoms with Gasteiger partial charge in [-0.15, -0.1) is 0 Å². The lowest BCUT2D eigenvalue weighted by molar-refractivity contribution is 0.276. The van der Waals surface area contributed by atoms with Gasteiger partial charge in [0.1, 0.15) is 0 Å². The monoisotopic (exact) mass is 351 g/mol. The highest BCUT2D eigenvalue weighted by atomic mass is 15.0. The maximum Gasteiger partial charge on any atom is 0.0391 e. The first-order valence-electron chi connectivity index (χ1n) is 9.73. The van der Waals surface area contributed by atoms with Crippen molar-refractivity contribution in [2.75, 3.05) is 0 Å². The maximum absolute atomic E-state index is 3.94. The summed E-state index contributed by atoms with van der Waals surface area (Å²) in [6, 6.07) is 26.7. The van der Waals surface area contributed by atoms with Crippen LogP contribution in [0.15, 0.2) is 72.8 Å². The van der Waals surface area contributed by atoms with Crippen LogP contribution in [0.4, 0.5) is 0 Å². The lowest BCUT2D eigenvalue weighted by atomic mass is 9.82. The molecule has 4 aromatic rings. The summed E-state index contributed by atoms with van der Waals surface area (Å²) in [5.74, 6) is 0. The fourth-order valence-electron chi connectivity index (χ4n) is 5.04. The second-order valence-corrected chi connectivity index (χ2v) is 8.79. The van der Waals surface area contributed by atoms with Crippen LogP contribution in [-0.4, -0.2) is 0 Å². The molecule has 0 radical (unpaired) electrons. The van der Waals surface area contributed by atoms with Crippen molar-refractivity contribution in [1.82, 2.24) is 5.32 Å². The topological polar surface area (TPSA) is 12.0 Å². The van der Waals surface area contributed by atoms with E-state index in [2.05, 4.69) is 106 Å². The third-order valence-corrected chi connectivity index (χ3v) is 6.08. The number of hydrogen-bond donors (Lipinski definition) is 1. The van der Waals surface area contributed by atoms with Crippen molar-refractivity contribution in [2.24, 2.45) is 0 Å². The molecule has 0 saturated carbocycles. The minimum absolute atomic E-state index is 0.136. The molecule has 0 atom stereocenters. The average Bonchev–Trinajstić information content (AvgIpc) is 2.72. The zero-order chi connectivity index (χ0) is 18.8. The summed E-state index contributed by atoms with van der Waals surface area (Å²) in [4.78, 5) is 0. The summed E-state index contributed by atoms with van der Waals surface area (Å²) in [6.45, 7) is 9.21. The van der Waals surface area contributed by atoms with Crippen molar-refractivity contribution in [3.8, 4) is 11.1 Å². The Balaban J connectivity index is 2.07. The molecule has 1 aliphatic rings. The molecule has 0 bridgehead atoms. The molecule has 134 valence electrons. The molecular weight excluding hydrogens is 326 g/mol. The van der Waals surface area contributed by atoms with E-state index < -0.39 is 0 Å². The predicted octanol–water partition coefficient (Wildman–Crippen LogP) is 6.73. The lowest BCUT2D eigenvalue weighted by Crippen LogP contribution is -2.47. The highest BCUT2D eigenvalue weighted by molar-refractivity contribution is 6.08. The SMILES string of the molecule is CC1(C)NC(C)(C)c2ccc3ccccc3c2-c2c1ccc1ccccc21. The molecule has 1 heteroatoms. The number of rotatable bonds is 0. The minimum atomic E-state index is -0.136. The Kier molecular flexibility index (Phi) is 3.33. The van der Waals surface area contributed by atoms with E-state index in [1.165, 1.54) is 43.8 Å². The van der Waals surface area contributed by atoms with Crippen LogP contribution in [0.1, 0.15) is 38.8 Å². The molecule has 0 fully saturated rings. The number of fused-ring (bicyclic) bond motifs is 7. The molecule has 0 unspecified atom stereocenters. The van der Waals surface area contributed by atoms with E-state index >= 15 is 0 Å². The smallest absolute Gasteiger partial charge is 0.0391 e. The van der Waals surface area contributed by atoms with Gasteiger partial charge >= 0.3 is 0 Å². The van der Waals surface area contributed by atoms with Crippen molar-refractivity contribution in [3.63, 3.8) is 0 Å². The molecule has 1 heterocycles. The van der Waals surface area contributed by atoms with Crippen LogP contribution in [0.2, 0.25) is 0 Å². The summed E-state index contributed by atoms with van der Waals surface area (Å²) in [6.07, 6.45) is 0. The normalized spacial score (nSPS) is 17.3. The largest absolute Gasteiger partial charge is 0.299 e. The zero-order valence-corrected chi connectivity index (χ0v) is 16.4. The van der Waals surface area contributed by atoms with E-state index in [1.54, 1.807) is 0 Å². The number of hydrogen-bond acceptors (Lipinski definition) is 1. The lowest BCUT2D eigenvalue weighted by Gasteiger charge is -2.36.